The third-order valence-electron chi connectivity index (χ3n) is 4.00. The molecule has 23 heavy (non-hydrogen) atoms. The number of para-hydroxylation sites is 1. The van der Waals surface area contributed by atoms with Crippen molar-refractivity contribution in [2.45, 2.75) is 39.0 Å². The highest BCUT2D eigenvalue weighted by Crippen LogP contribution is 2.46. The lowest BCUT2D eigenvalue weighted by molar-refractivity contribution is -0.116. The number of H-pyrrole nitrogens is 1. The van der Waals surface area contributed by atoms with E-state index in [1.807, 2.05) is 38.1 Å². The number of hydrogen-bond acceptors (Lipinski definition) is 3. The fourth-order valence-corrected chi connectivity index (χ4v) is 2.75. The third kappa shape index (κ3) is 3.38. The molecule has 0 atom stereocenters. The second kappa shape index (κ2) is 6.44. The van der Waals surface area contributed by atoms with Crippen LogP contribution in [0.2, 0.25) is 0 Å². The van der Waals surface area contributed by atoms with Crippen molar-refractivity contribution in [2.24, 2.45) is 5.92 Å². The topological polar surface area (TPSA) is 67.0 Å². The number of carbonyl (C=O) groups is 1. The van der Waals surface area contributed by atoms with Crippen molar-refractivity contribution in [3.05, 3.63) is 30.0 Å². The van der Waals surface area contributed by atoms with E-state index in [0.29, 0.717) is 18.3 Å². The van der Waals surface area contributed by atoms with Gasteiger partial charge >= 0.3 is 0 Å². The number of hydrogen-bond donors (Lipinski definition) is 2. The Balaban J connectivity index is 1.98. The number of aromatic nitrogens is 2. The number of anilines is 1. The molecule has 0 spiro atoms. The number of nitrogens with one attached hydrogen (secondary N) is 2. The van der Waals surface area contributed by atoms with Crippen molar-refractivity contribution in [1.82, 2.24) is 10.2 Å². The van der Waals surface area contributed by atoms with Gasteiger partial charge in [0.1, 0.15) is 11.4 Å². The first-order valence-corrected chi connectivity index (χ1v) is 8.11. The van der Waals surface area contributed by atoms with Gasteiger partial charge in [0.25, 0.3) is 0 Å². The largest absolute Gasteiger partial charge is 0.496 e. The van der Waals surface area contributed by atoms with Crippen LogP contribution in [0.1, 0.15) is 44.7 Å². The molecule has 5 heteroatoms. The molecule has 1 aliphatic carbocycles. The predicted molar refractivity (Wildman–Crippen MR) is 90.6 cm³/mol. The normalized spacial score (nSPS) is 14.1. The van der Waals surface area contributed by atoms with E-state index in [-0.39, 0.29) is 5.91 Å². The lowest BCUT2D eigenvalue weighted by atomic mass is 10.1. The zero-order valence-electron chi connectivity index (χ0n) is 13.8. The van der Waals surface area contributed by atoms with Gasteiger partial charge in [-0.3, -0.25) is 9.89 Å². The maximum atomic E-state index is 12.3. The van der Waals surface area contributed by atoms with Crippen molar-refractivity contribution in [1.29, 1.82) is 0 Å². The van der Waals surface area contributed by atoms with Gasteiger partial charge in [0, 0.05) is 17.9 Å². The summed E-state index contributed by atoms with van der Waals surface area (Å²) in [4.78, 5) is 12.3. The molecule has 1 saturated carbocycles. The number of benzene rings is 1. The highest BCUT2D eigenvalue weighted by atomic mass is 16.5. The number of rotatable bonds is 6. The van der Waals surface area contributed by atoms with Crippen LogP contribution in [0.25, 0.3) is 11.3 Å². The summed E-state index contributed by atoms with van der Waals surface area (Å²) >= 11 is 0. The molecule has 0 unspecified atom stereocenters. The standard InChI is InChI=1S/C18H23N3O2/c1-11(2)10-15(22)19-18-16(12-8-9-12)20-21-17(18)13-6-4-5-7-14(13)23-3/h4-7,11-12H,8-10H2,1-3H3,(H,19,22)(H,20,21). The van der Waals surface area contributed by atoms with Crippen molar-refractivity contribution in [3.8, 4) is 17.0 Å². The summed E-state index contributed by atoms with van der Waals surface area (Å²) in [6.45, 7) is 4.08. The van der Waals surface area contributed by atoms with Crippen molar-refractivity contribution in [3.63, 3.8) is 0 Å². The summed E-state index contributed by atoms with van der Waals surface area (Å²) < 4.78 is 5.44. The number of methoxy groups -OCH3 is 1. The van der Waals surface area contributed by atoms with Gasteiger partial charge in [0.2, 0.25) is 5.91 Å². The molecule has 1 aromatic heterocycles. The first-order chi connectivity index (χ1) is 11.1. The van der Waals surface area contributed by atoms with Gasteiger partial charge in [-0.15, -0.1) is 0 Å². The van der Waals surface area contributed by atoms with Gasteiger partial charge < -0.3 is 10.1 Å². The number of ether oxygens (including phenoxy) is 1. The molecule has 1 aromatic carbocycles. The Kier molecular flexibility index (Phi) is 4.37. The van der Waals surface area contributed by atoms with Crippen LogP contribution in [0, 0.1) is 5.92 Å². The monoisotopic (exact) mass is 313 g/mol. The SMILES string of the molecule is COc1ccccc1-c1n[nH]c(C2CC2)c1NC(=O)CC(C)C. The van der Waals surface area contributed by atoms with Gasteiger partial charge in [-0.25, -0.2) is 0 Å². The minimum Gasteiger partial charge on any atom is -0.496 e. The second-order valence-corrected chi connectivity index (χ2v) is 6.48. The summed E-state index contributed by atoms with van der Waals surface area (Å²) in [5, 5.41) is 10.7. The third-order valence-corrected chi connectivity index (χ3v) is 4.00. The smallest absolute Gasteiger partial charge is 0.224 e. The van der Waals surface area contributed by atoms with E-state index in [1.54, 1.807) is 7.11 Å². The van der Waals surface area contributed by atoms with Crippen LogP contribution < -0.4 is 10.1 Å². The lowest BCUT2D eigenvalue weighted by Crippen LogP contribution is -2.15. The van der Waals surface area contributed by atoms with Crippen LogP contribution in [0.5, 0.6) is 5.75 Å². The highest BCUT2D eigenvalue weighted by Gasteiger charge is 2.31. The molecule has 3 rings (SSSR count). The molecule has 122 valence electrons. The fourth-order valence-electron chi connectivity index (χ4n) is 2.75. The van der Waals surface area contributed by atoms with E-state index in [9.17, 15) is 4.79 Å². The molecule has 1 amide bonds. The van der Waals surface area contributed by atoms with Gasteiger partial charge in [-0.05, 0) is 30.9 Å². The zero-order valence-corrected chi connectivity index (χ0v) is 13.8. The Hall–Kier alpha value is -2.30. The molecule has 0 radical (unpaired) electrons. The molecule has 0 aliphatic heterocycles. The first-order valence-electron chi connectivity index (χ1n) is 8.11. The molecule has 0 bridgehead atoms. The number of carbonyl (C=O) groups excluding carboxylic acids is 1. The second-order valence-electron chi connectivity index (χ2n) is 6.48. The minimum absolute atomic E-state index is 0.0273. The zero-order chi connectivity index (χ0) is 16.4. The summed E-state index contributed by atoms with van der Waals surface area (Å²) in [6, 6.07) is 7.74. The van der Waals surface area contributed by atoms with Crippen LogP contribution in [0.3, 0.4) is 0 Å². The van der Waals surface area contributed by atoms with Crippen LogP contribution in [-0.2, 0) is 4.79 Å². The van der Waals surface area contributed by atoms with E-state index >= 15 is 0 Å². The Labute approximate surface area is 136 Å². The van der Waals surface area contributed by atoms with Crippen LogP contribution >= 0.6 is 0 Å². The molecular weight excluding hydrogens is 290 g/mol. The van der Waals surface area contributed by atoms with Crippen molar-refractivity contribution >= 4 is 11.6 Å². The fraction of sp³-hybridized carbons (Fsp3) is 0.444. The summed E-state index contributed by atoms with van der Waals surface area (Å²) in [5.41, 5.74) is 3.48. The lowest BCUT2D eigenvalue weighted by Gasteiger charge is -2.11. The first kappa shape index (κ1) is 15.6. The molecular formula is C18H23N3O2. The molecule has 2 N–H and O–H groups in total. The number of amides is 1. The van der Waals surface area contributed by atoms with Crippen LogP contribution in [0.15, 0.2) is 24.3 Å². The molecule has 0 saturated heterocycles. The number of nitrogens with zero attached hydrogens (tertiary/aromatic N) is 1. The van der Waals surface area contributed by atoms with Crippen LogP contribution in [0.4, 0.5) is 5.69 Å². The highest BCUT2D eigenvalue weighted by molar-refractivity contribution is 5.96. The van der Waals surface area contributed by atoms with E-state index < -0.39 is 0 Å². The Morgan fingerprint density at radius 3 is 2.78 bits per heavy atom. The van der Waals surface area contributed by atoms with Gasteiger partial charge in [0.15, 0.2) is 0 Å². The average molecular weight is 313 g/mol. The predicted octanol–water partition coefficient (Wildman–Crippen LogP) is 3.95. The molecule has 1 heterocycles. The molecule has 1 fully saturated rings. The van der Waals surface area contributed by atoms with Crippen LogP contribution in [-0.4, -0.2) is 23.2 Å². The molecule has 2 aromatic rings. The quantitative estimate of drug-likeness (QED) is 0.848. The summed E-state index contributed by atoms with van der Waals surface area (Å²) in [7, 11) is 1.64. The summed E-state index contributed by atoms with van der Waals surface area (Å²) in [5.74, 6) is 1.57. The maximum Gasteiger partial charge on any atom is 0.224 e. The minimum atomic E-state index is 0.0273. The Bertz CT molecular complexity index is 702. The van der Waals surface area contributed by atoms with Crippen molar-refractivity contribution < 1.29 is 9.53 Å². The molecule has 5 nitrogen and oxygen atoms in total. The number of aromatic amines is 1. The van der Waals surface area contributed by atoms with Gasteiger partial charge in [0.05, 0.1) is 18.5 Å². The average Bonchev–Trinajstić information content (AvgIpc) is 3.28. The summed E-state index contributed by atoms with van der Waals surface area (Å²) in [6.07, 6.45) is 2.78. The van der Waals surface area contributed by atoms with Crippen molar-refractivity contribution in [2.75, 3.05) is 12.4 Å². The van der Waals surface area contributed by atoms with E-state index in [0.717, 1.165) is 41.2 Å². The maximum absolute atomic E-state index is 12.3. The Morgan fingerprint density at radius 1 is 1.39 bits per heavy atom. The van der Waals surface area contributed by atoms with E-state index in [4.69, 9.17) is 4.74 Å². The van der Waals surface area contributed by atoms with Gasteiger partial charge in [-0.2, -0.15) is 5.10 Å². The van der Waals surface area contributed by atoms with E-state index in [2.05, 4.69) is 15.5 Å². The Morgan fingerprint density at radius 2 is 2.13 bits per heavy atom. The van der Waals surface area contributed by atoms with E-state index in [1.165, 1.54) is 0 Å². The van der Waals surface area contributed by atoms with Gasteiger partial charge in [-0.1, -0.05) is 26.0 Å². The molecule has 1 aliphatic rings.